The first-order chi connectivity index (χ1) is 11.4. The lowest BCUT2D eigenvalue weighted by Crippen LogP contribution is -2.06. The third kappa shape index (κ3) is 21.9. The van der Waals surface area contributed by atoms with E-state index in [0.29, 0.717) is 6.61 Å². The largest absolute Gasteiger partial charge is 0.396 e. The summed E-state index contributed by atoms with van der Waals surface area (Å²) in [6, 6.07) is 0. The molecule has 0 amide bonds. The molecule has 0 rings (SSSR count). The molecule has 0 spiro atoms. The molecule has 0 aliphatic heterocycles. The normalized spacial score (nSPS) is 11.2. The molecule has 0 aliphatic rings. The van der Waals surface area contributed by atoms with Crippen LogP contribution in [0.5, 0.6) is 0 Å². The van der Waals surface area contributed by atoms with Crippen molar-refractivity contribution in [1.29, 1.82) is 0 Å². The molecule has 2 nitrogen and oxygen atoms in total. The van der Waals surface area contributed by atoms with Gasteiger partial charge in [-0.1, -0.05) is 103 Å². The first-order valence-electron chi connectivity index (χ1n) is 10.7. The second-order valence-corrected chi connectivity index (χ2v) is 7.19. The highest BCUT2D eigenvalue weighted by Gasteiger charge is 1.95. The molecule has 2 N–H and O–H groups in total. The lowest BCUT2D eigenvalue weighted by atomic mass is 10.0. The molecule has 0 heterocycles. The minimum Gasteiger partial charge on any atom is -0.396 e. The Morgan fingerprint density at radius 3 is 0.957 bits per heavy atom. The Labute approximate surface area is 146 Å². The summed E-state index contributed by atoms with van der Waals surface area (Å²) >= 11 is 0. The number of nitrogens with one attached hydrogen (secondary N) is 1. The molecule has 0 aromatic heterocycles. The van der Waals surface area contributed by atoms with Crippen LogP contribution >= 0.6 is 0 Å². The quantitative estimate of drug-likeness (QED) is 0.260. The Bertz CT molecular complexity index is 176. The topological polar surface area (TPSA) is 32.3 Å². The lowest BCUT2D eigenvalue weighted by Gasteiger charge is -2.04. The summed E-state index contributed by atoms with van der Waals surface area (Å²) in [4.78, 5) is 0. The number of rotatable bonds is 20. The summed E-state index contributed by atoms with van der Waals surface area (Å²) < 4.78 is 0. The molecule has 0 fully saturated rings. The maximum atomic E-state index is 8.71. The summed E-state index contributed by atoms with van der Waals surface area (Å²) in [5, 5.41) is 11.9. The van der Waals surface area contributed by atoms with Crippen LogP contribution < -0.4 is 5.32 Å². The molecule has 0 unspecified atom stereocenters. The van der Waals surface area contributed by atoms with E-state index in [-0.39, 0.29) is 0 Å². The fraction of sp³-hybridized carbons (Fsp3) is 1.00. The first-order valence-corrected chi connectivity index (χ1v) is 10.7. The lowest BCUT2D eigenvalue weighted by molar-refractivity contribution is 0.282. The third-order valence-electron chi connectivity index (χ3n) is 4.83. The molecule has 0 radical (unpaired) electrons. The molecule has 140 valence electrons. The summed E-state index contributed by atoms with van der Waals surface area (Å²) in [5.74, 6) is 0. The maximum absolute atomic E-state index is 8.71. The Morgan fingerprint density at radius 2 is 0.696 bits per heavy atom. The zero-order valence-electron chi connectivity index (χ0n) is 16.1. The van der Waals surface area contributed by atoms with Gasteiger partial charge in [-0.2, -0.15) is 0 Å². The highest BCUT2D eigenvalue weighted by atomic mass is 16.2. The molecule has 0 bridgehead atoms. The zero-order valence-corrected chi connectivity index (χ0v) is 16.1. The highest BCUT2D eigenvalue weighted by Crippen LogP contribution is 2.14. The van der Waals surface area contributed by atoms with Gasteiger partial charge in [0, 0.05) is 6.61 Å². The van der Waals surface area contributed by atoms with E-state index >= 15 is 0 Å². The van der Waals surface area contributed by atoms with E-state index in [9.17, 15) is 0 Å². The molecular weight excluding hydrogens is 282 g/mol. The second-order valence-electron chi connectivity index (χ2n) is 7.19. The van der Waals surface area contributed by atoms with Gasteiger partial charge in [-0.3, -0.25) is 0 Å². The van der Waals surface area contributed by atoms with E-state index in [2.05, 4.69) is 5.32 Å². The van der Waals surface area contributed by atoms with Crippen molar-refractivity contribution in [3.05, 3.63) is 0 Å². The van der Waals surface area contributed by atoms with Crippen molar-refractivity contribution in [1.82, 2.24) is 5.32 Å². The van der Waals surface area contributed by atoms with Crippen LogP contribution in [0.4, 0.5) is 0 Å². The molecule has 0 aliphatic carbocycles. The van der Waals surface area contributed by atoms with Gasteiger partial charge >= 0.3 is 0 Å². The highest BCUT2D eigenvalue weighted by molar-refractivity contribution is 4.51. The van der Waals surface area contributed by atoms with Crippen LogP contribution in [-0.2, 0) is 0 Å². The fourth-order valence-electron chi connectivity index (χ4n) is 3.24. The van der Waals surface area contributed by atoms with Crippen molar-refractivity contribution in [2.45, 2.75) is 116 Å². The van der Waals surface area contributed by atoms with Crippen molar-refractivity contribution < 1.29 is 5.11 Å². The van der Waals surface area contributed by atoms with Gasteiger partial charge in [0.2, 0.25) is 0 Å². The Balaban J connectivity index is 2.92. The van der Waals surface area contributed by atoms with Crippen LogP contribution in [0.25, 0.3) is 0 Å². The molecule has 0 saturated heterocycles. The number of unbranched alkanes of at least 4 members (excludes halogenated alkanes) is 17. The monoisotopic (exact) mass is 327 g/mol. The van der Waals surface area contributed by atoms with Crippen molar-refractivity contribution in [3.8, 4) is 0 Å². The van der Waals surface area contributed by atoms with E-state index in [1.165, 1.54) is 116 Å². The van der Waals surface area contributed by atoms with E-state index in [4.69, 9.17) is 5.11 Å². The fourth-order valence-corrected chi connectivity index (χ4v) is 3.24. The summed E-state index contributed by atoms with van der Waals surface area (Å²) in [6.45, 7) is 1.56. The minimum absolute atomic E-state index is 0.372. The van der Waals surface area contributed by atoms with Crippen molar-refractivity contribution in [3.63, 3.8) is 0 Å². The maximum Gasteiger partial charge on any atom is 0.0431 e. The Hall–Kier alpha value is -0.0800. The molecule has 0 aromatic carbocycles. The smallest absolute Gasteiger partial charge is 0.0431 e. The van der Waals surface area contributed by atoms with Crippen LogP contribution in [-0.4, -0.2) is 25.3 Å². The van der Waals surface area contributed by atoms with Gasteiger partial charge in [0.15, 0.2) is 0 Å². The van der Waals surface area contributed by atoms with Crippen LogP contribution in [0.3, 0.4) is 0 Å². The van der Waals surface area contributed by atoms with E-state index < -0.39 is 0 Å². The number of hydrogen-bond acceptors (Lipinski definition) is 2. The molecule has 23 heavy (non-hydrogen) atoms. The number of aliphatic hydroxyl groups is 1. The number of hydrogen-bond donors (Lipinski definition) is 2. The SMILES string of the molecule is CNCCCCCCCCCCCCCCCCCCCCO. The van der Waals surface area contributed by atoms with E-state index in [1.807, 2.05) is 7.05 Å². The Morgan fingerprint density at radius 1 is 0.435 bits per heavy atom. The molecular formula is C21H45NO. The molecule has 0 atom stereocenters. The second kappa shape index (κ2) is 21.9. The van der Waals surface area contributed by atoms with Crippen LogP contribution in [0.1, 0.15) is 116 Å². The van der Waals surface area contributed by atoms with E-state index in [0.717, 1.165) is 6.42 Å². The van der Waals surface area contributed by atoms with Gasteiger partial charge in [-0.15, -0.1) is 0 Å². The predicted molar refractivity (Wildman–Crippen MR) is 104 cm³/mol. The van der Waals surface area contributed by atoms with Crippen molar-refractivity contribution >= 4 is 0 Å². The van der Waals surface area contributed by atoms with Gasteiger partial charge in [-0.05, 0) is 26.4 Å². The van der Waals surface area contributed by atoms with Crippen LogP contribution in [0.15, 0.2) is 0 Å². The van der Waals surface area contributed by atoms with Gasteiger partial charge in [0.1, 0.15) is 0 Å². The first kappa shape index (κ1) is 22.9. The molecule has 0 saturated carbocycles. The molecule has 0 aromatic rings. The van der Waals surface area contributed by atoms with Crippen LogP contribution in [0, 0.1) is 0 Å². The minimum atomic E-state index is 0.372. The van der Waals surface area contributed by atoms with Crippen molar-refractivity contribution in [2.24, 2.45) is 0 Å². The average Bonchev–Trinajstić information content (AvgIpc) is 2.57. The zero-order chi connectivity index (χ0) is 16.8. The standard InChI is InChI=1S/C21H45NO/c1-22-20-18-16-14-12-10-8-6-4-2-3-5-7-9-11-13-15-17-19-21-23/h22-23H,2-21H2,1H3. The Kier molecular flexibility index (Phi) is 21.8. The van der Waals surface area contributed by atoms with Gasteiger partial charge in [-0.25, -0.2) is 0 Å². The van der Waals surface area contributed by atoms with E-state index in [1.54, 1.807) is 0 Å². The summed E-state index contributed by atoms with van der Waals surface area (Å²) in [6.07, 6.45) is 25.0. The van der Waals surface area contributed by atoms with Gasteiger partial charge in [0.05, 0.1) is 0 Å². The molecule has 2 heteroatoms. The predicted octanol–water partition coefficient (Wildman–Crippen LogP) is 6.22. The summed E-state index contributed by atoms with van der Waals surface area (Å²) in [7, 11) is 2.04. The van der Waals surface area contributed by atoms with Crippen LogP contribution in [0.2, 0.25) is 0 Å². The van der Waals surface area contributed by atoms with Gasteiger partial charge < -0.3 is 10.4 Å². The van der Waals surface area contributed by atoms with Gasteiger partial charge in [0.25, 0.3) is 0 Å². The third-order valence-corrected chi connectivity index (χ3v) is 4.83. The summed E-state index contributed by atoms with van der Waals surface area (Å²) in [5.41, 5.74) is 0. The van der Waals surface area contributed by atoms with Crippen molar-refractivity contribution in [2.75, 3.05) is 20.2 Å². The number of aliphatic hydroxyl groups excluding tert-OH is 1. The average molecular weight is 328 g/mol.